The summed E-state index contributed by atoms with van der Waals surface area (Å²) >= 11 is 0. The fourth-order valence-corrected chi connectivity index (χ4v) is 3.62. The van der Waals surface area contributed by atoms with Crippen LogP contribution in [0.25, 0.3) is 0 Å². The molecule has 2 amide bonds. The Labute approximate surface area is 166 Å². The van der Waals surface area contributed by atoms with E-state index < -0.39 is 12.0 Å². The highest BCUT2D eigenvalue weighted by atomic mass is 16.4. The minimum Gasteiger partial charge on any atom is -0.548 e. The Morgan fingerprint density at radius 2 is 1.79 bits per heavy atom. The monoisotopic (exact) mass is 389 g/mol. The fraction of sp³-hybridized carbons (Fsp3) is 0.571. The van der Waals surface area contributed by atoms with Gasteiger partial charge in [0, 0.05) is 25.4 Å². The normalized spacial score (nSPS) is 17.2. The first-order chi connectivity index (χ1) is 13.3. The van der Waals surface area contributed by atoms with Crippen LogP contribution in [-0.2, 0) is 20.8 Å². The lowest BCUT2D eigenvalue weighted by molar-refractivity contribution is -0.408. The molecule has 0 saturated carbocycles. The number of carboxylic acids is 1. The zero-order valence-electron chi connectivity index (χ0n) is 16.7. The van der Waals surface area contributed by atoms with Gasteiger partial charge in [-0.25, -0.2) is 0 Å². The fourth-order valence-electron chi connectivity index (χ4n) is 3.62. The molecule has 1 aromatic carbocycles. The van der Waals surface area contributed by atoms with Crippen molar-refractivity contribution in [2.75, 3.05) is 13.1 Å². The number of amides is 2. The summed E-state index contributed by atoms with van der Waals surface area (Å²) in [5, 5.41) is 14.1. The van der Waals surface area contributed by atoms with Gasteiger partial charge in [0.2, 0.25) is 5.91 Å². The van der Waals surface area contributed by atoms with Crippen molar-refractivity contribution in [2.24, 2.45) is 11.8 Å². The van der Waals surface area contributed by atoms with Crippen molar-refractivity contribution in [2.45, 2.75) is 51.6 Å². The van der Waals surface area contributed by atoms with Crippen molar-refractivity contribution in [3.05, 3.63) is 35.9 Å². The highest BCUT2D eigenvalue weighted by molar-refractivity contribution is 5.85. The van der Waals surface area contributed by atoms with Gasteiger partial charge in [-0.2, -0.15) is 0 Å². The number of nitrogens with zero attached hydrogens (tertiary/aromatic N) is 1. The van der Waals surface area contributed by atoms with Crippen LogP contribution < -0.4 is 16.2 Å². The van der Waals surface area contributed by atoms with Crippen molar-refractivity contribution in [1.82, 2.24) is 10.2 Å². The first kappa shape index (κ1) is 21.9. The van der Waals surface area contributed by atoms with Gasteiger partial charge in [0.15, 0.2) is 6.04 Å². The second kappa shape index (κ2) is 10.2. The van der Waals surface area contributed by atoms with Crippen LogP contribution >= 0.6 is 0 Å². The van der Waals surface area contributed by atoms with E-state index in [0.29, 0.717) is 31.8 Å². The molecule has 28 heavy (non-hydrogen) atoms. The number of carbonyl (C=O) groups excluding carboxylic acids is 3. The van der Waals surface area contributed by atoms with E-state index in [0.717, 1.165) is 12.0 Å². The van der Waals surface area contributed by atoms with E-state index in [1.807, 2.05) is 30.3 Å². The lowest BCUT2D eigenvalue weighted by Gasteiger charge is -2.33. The summed E-state index contributed by atoms with van der Waals surface area (Å²) in [6.07, 6.45) is 1.98. The van der Waals surface area contributed by atoms with Crippen molar-refractivity contribution in [3.8, 4) is 0 Å². The lowest BCUT2D eigenvalue weighted by atomic mass is 9.94. The molecule has 1 saturated heterocycles. The summed E-state index contributed by atoms with van der Waals surface area (Å²) in [5.74, 6) is -1.44. The third-order valence-electron chi connectivity index (χ3n) is 5.17. The molecule has 1 fully saturated rings. The first-order valence-electron chi connectivity index (χ1n) is 9.95. The molecular formula is C21H31N3O4. The molecule has 7 heteroatoms. The number of likely N-dealkylation sites (tertiary alicyclic amines) is 1. The average Bonchev–Trinajstić information content (AvgIpc) is 2.67. The number of piperidine rings is 1. The molecule has 0 spiro atoms. The molecule has 0 aliphatic carbocycles. The van der Waals surface area contributed by atoms with Gasteiger partial charge in [-0.15, -0.1) is 0 Å². The van der Waals surface area contributed by atoms with Crippen molar-refractivity contribution in [3.63, 3.8) is 0 Å². The number of nitrogens with one attached hydrogen (secondary N) is 1. The third-order valence-corrected chi connectivity index (χ3v) is 5.17. The molecule has 154 valence electrons. The standard InChI is InChI=1S/C21H31N3O4/c1-14(2)12-17(22)20(26)24-10-8-16(9-11-24)19(25)23-18(21(27)28)13-15-6-4-3-5-7-15/h3-7,14,16-18H,8-13,22H2,1-2H3,(H,23,25)(H,27,28)/t17-,18-/m0/s1. The van der Waals surface area contributed by atoms with Gasteiger partial charge in [0.05, 0.1) is 12.0 Å². The lowest BCUT2D eigenvalue weighted by Crippen LogP contribution is -2.68. The Morgan fingerprint density at radius 1 is 1.18 bits per heavy atom. The molecule has 2 rings (SSSR count). The SMILES string of the molecule is CC(C)C[C@H]([NH3+])C(=O)N1CCC(C(=O)N[C@@H](Cc2ccccc2)C(=O)[O-])CC1. The third kappa shape index (κ3) is 6.34. The quantitative estimate of drug-likeness (QED) is 0.615. The number of carbonyl (C=O) groups is 3. The van der Waals surface area contributed by atoms with E-state index in [1.165, 1.54) is 0 Å². The molecule has 0 radical (unpaired) electrons. The number of hydrogen-bond acceptors (Lipinski definition) is 4. The van der Waals surface area contributed by atoms with Crippen LogP contribution in [0.1, 0.15) is 38.7 Å². The zero-order chi connectivity index (χ0) is 20.7. The number of rotatable bonds is 8. The van der Waals surface area contributed by atoms with Gasteiger partial charge in [0.25, 0.3) is 5.91 Å². The number of quaternary nitrogens is 1. The van der Waals surface area contributed by atoms with E-state index >= 15 is 0 Å². The Kier molecular flexibility index (Phi) is 7.99. The second-order valence-electron chi connectivity index (χ2n) is 8.00. The minimum atomic E-state index is -1.29. The average molecular weight is 389 g/mol. The maximum absolute atomic E-state index is 12.5. The van der Waals surface area contributed by atoms with Crippen molar-refractivity contribution in [1.29, 1.82) is 0 Å². The molecule has 1 aromatic rings. The van der Waals surface area contributed by atoms with E-state index in [1.54, 1.807) is 4.90 Å². The molecule has 7 nitrogen and oxygen atoms in total. The van der Waals surface area contributed by atoms with Crippen LogP contribution in [0.2, 0.25) is 0 Å². The van der Waals surface area contributed by atoms with Crippen LogP contribution in [0.4, 0.5) is 0 Å². The summed E-state index contributed by atoms with van der Waals surface area (Å²) in [5.41, 5.74) is 4.79. The van der Waals surface area contributed by atoms with Gasteiger partial charge < -0.3 is 25.9 Å². The summed E-state index contributed by atoms with van der Waals surface area (Å²) in [6, 6.07) is 7.81. The predicted octanol–water partition coefficient (Wildman–Crippen LogP) is -0.641. The van der Waals surface area contributed by atoms with Crippen LogP contribution in [0.3, 0.4) is 0 Å². The molecule has 4 N–H and O–H groups in total. The van der Waals surface area contributed by atoms with Crippen molar-refractivity contribution >= 4 is 17.8 Å². The topological polar surface area (TPSA) is 117 Å². The van der Waals surface area contributed by atoms with Crippen LogP contribution in [0.15, 0.2) is 30.3 Å². The molecule has 0 unspecified atom stereocenters. The van der Waals surface area contributed by atoms with Crippen LogP contribution in [-0.4, -0.2) is 47.9 Å². The maximum Gasteiger partial charge on any atom is 0.280 e. The van der Waals surface area contributed by atoms with Crippen LogP contribution in [0, 0.1) is 11.8 Å². The Morgan fingerprint density at radius 3 is 2.32 bits per heavy atom. The molecule has 0 aromatic heterocycles. The van der Waals surface area contributed by atoms with Crippen LogP contribution in [0.5, 0.6) is 0 Å². The van der Waals surface area contributed by atoms with Crippen molar-refractivity contribution < 1.29 is 25.2 Å². The highest BCUT2D eigenvalue weighted by Gasteiger charge is 2.32. The Balaban J connectivity index is 1.86. The summed E-state index contributed by atoms with van der Waals surface area (Å²) in [7, 11) is 0. The Bertz CT molecular complexity index is 669. The highest BCUT2D eigenvalue weighted by Crippen LogP contribution is 2.19. The van der Waals surface area contributed by atoms with Gasteiger partial charge >= 0.3 is 0 Å². The molecule has 1 aliphatic heterocycles. The van der Waals surface area contributed by atoms with E-state index in [4.69, 9.17) is 0 Å². The summed E-state index contributed by atoms with van der Waals surface area (Å²) in [4.78, 5) is 38.2. The summed E-state index contributed by atoms with van der Waals surface area (Å²) < 4.78 is 0. The maximum atomic E-state index is 12.5. The molecular weight excluding hydrogens is 358 g/mol. The first-order valence-corrected chi connectivity index (χ1v) is 9.95. The minimum absolute atomic E-state index is 0.0317. The predicted molar refractivity (Wildman–Crippen MR) is 103 cm³/mol. The van der Waals surface area contributed by atoms with Gasteiger partial charge in [0.1, 0.15) is 0 Å². The number of benzene rings is 1. The van der Waals surface area contributed by atoms with E-state index in [-0.39, 0.29) is 30.2 Å². The molecule has 1 aliphatic rings. The number of carboxylic acid groups (broad SMARTS) is 1. The molecule has 2 atom stereocenters. The zero-order valence-corrected chi connectivity index (χ0v) is 16.7. The number of hydrogen-bond donors (Lipinski definition) is 2. The molecule has 0 bridgehead atoms. The summed E-state index contributed by atoms with van der Waals surface area (Å²) in [6.45, 7) is 5.11. The van der Waals surface area contributed by atoms with Gasteiger partial charge in [-0.1, -0.05) is 44.2 Å². The Hall–Kier alpha value is -2.41. The van der Waals surface area contributed by atoms with E-state index in [2.05, 4.69) is 24.9 Å². The van der Waals surface area contributed by atoms with Gasteiger partial charge in [-0.05, 0) is 30.7 Å². The van der Waals surface area contributed by atoms with Gasteiger partial charge in [-0.3, -0.25) is 9.59 Å². The molecule has 1 heterocycles. The smallest absolute Gasteiger partial charge is 0.280 e. The van der Waals surface area contributed by atoms with E-state index in [9.17, 15) is 19.5 Å². The second-order valence-corrected chi connectivity index (χ2v) is 8.00. The largest absolute Gasteiger partial charge is 0.548 e. The number of aliphatic carboxylic acids is 1.